The number of para-hydroxylation sites is 1. The highest BCUT2D eigenvalue weighted by atomic mass is 35.5. The molecule has 182 valence electrons. The Kier molecular flexibility index (Phi) is 9.38. The van der Waals surface area contributed by atoms with Gasteiger partial charge in [0.2, 0.25) is 5.91 Å². The number of nitrogens with zero attached hydrogens (tertiary/aromatic N) is 1. The zero-order valence-corrected chi connectivity index (χ0v) is 21.3. The molecule has 0 fully saturated rings. The Morgan fingerprint density at radius 1 is 1.14 bits per heavy atom. The number of aryl methyl sites for hydroxylation is 1. The van der Waals surface area contributed by atoms with Crippen LogP contribution in [0, 0.1) is 18.3 Å². The zero-order chi connectivity index (χ0) is 25.4. The van der Waals surface area contributed by atoms with Gasteiger partial charge >= 0.3 is 5.97 Å². The lowest BCUT2D eigenvalue weighted by atomic mass is 9.82. The highest BCUT2D eigenvalue weighted by Gasteiger charge is 2.35. The van der Waals surface area contributed by atoms with Crippen molar-refractivity contribution < 1.29 is 19.1 Å². The number of methoxy groups -OCH3 is 1. The fourth-order valence-electron chi connectivity index (χ4n) is 3.62. The Morgan fingerprint density at radius 2 is 1.86 bits per heavy atom. The van der Waals surface area contributed by atoms with Crippen LogP contribution in [0.4, 0.5) is 5.69 Å². The molecule has 3 rings (SSSR count). The number of rotatable bonds is 9. The average Bonchev–Trinajstić information content (AvgIpc) is 2.84. The molecule has 7 nitrogen and oxygen atoms in total. The number of amides is 1. The number of nitrogens with one attached hydrogen (secondary N) is 2. The monoisotopic (exact) mass is 511 g/mol. The van der Waals surface area contributed by atoms with Crippen molar-refractivity contribution in [1.29, 1.82) is 5.26 Å². The summed E-state index contributed by atoms with van der Waals surface area (Å²) in [5.41, 5.74) is 3.61. The maximum absolute atomic E-state index is 13.0. The lowest BCUT2D eigenvalue weighted by molar-refractivity contribution is -0.140. The highest BCUT2D eigenvalue weighted by molar-refractivity contribution is 8.03. The predicted octanol–water partition coefficient (Wildman–Crippen LogP) is 4.91. The van der Waals surface area contributed by atoms with Crippen LogP contribution in [0.25, 0.3) is 0 Å². The van der Waals surface area contributed by atoms with E-state index in [2.05, 4.69) is 16.7 Å². The molecule has 0 saturated heterocycles. The molecule has 2 N–H and O–H groups in total. The van der Waals surface area contributed by atoms with E-state index in [0.717, 1.165) is 11.3 Å². The largest absolute Gasteiger partial charge is 0.460 e. The Labute approximate surface area is 214 Å². The number of ether oxygens (including phenoxy) is 2. The minimum absolute atomic E-state index is 0.0794. The van der Waals surface area contributed by atoms with Crippen LogP contribution in [-0.4, -0.2) is 38.0 Å². The van der Waals surface area contributed by atoms with Crippen molar-refractivity contribution in [2.24, 2.45) is 0 Å². The summed E-state index contributed by atoms with van der Waals surface area (Å²) in [6.45, 7) is 4.01. The molecule has 2 aromatic rings. The van der Waals surface area contributed by atoms with Gasteiger partial charge in [-0.15, -0.1) is 0 Å². The number of thioether (sulfide) groups is 1. The lowest BCUT2D eigenvalue weighted by Crippen LogP contribution is -2.29. The fourth-order valence-corrected chi connectivity index (χ4v) is 4.64. The summed E-state index contributed by atoms with van der Waals surface area (Å²) in [5, 5.41) is 17.2. The van der Waals surface area contributed by atoms with Gasteiger partial charge < -0.3 is 20.1 Å². The third kappa shape index (κ3) is 6.67. The predicted molar refractivity (Wildman–Crippen MR) is 138 cm³/mol. The Bertz CT molecular complexity index is 1200. The molecule has 0 unspecified atom stereocenters. The van der Waals surface area contributed by atoms with E-state index in [1.807, 2.05) is 31.2 Å². The first-order chi connectivity index (χ1) is 16.8. The first kappa shape index (κ1) is 26.4. The summed E-state index contributed by atoms with van der Waals surface area (Å²) in [6, 6.07) is 16.7. The van der Waals surface area contributed by atoms with Crippen molar-refractivity contribution in [3.63, 3.8) is 0 Å². The molecule has 0 saturated carbocycles. The second-order valence-electron chi connectivity index (χ2n) is 7.78. The molecule has 0 aliphatic carbocycles. The van der Waals surface area contributed by atoms with Crippen molar-refractivity contribution in [2.45, 2.75) is 19.8 Å². The molecule has 0 aromatic heterocycles. The van der Waals surface area contributed by atoms with Crippen molar-refractivity contribution in [3.8, 4) is 6.07 Å². The molecule has 35 heavy (non-hydrogen) atoms. The van der Waals surface area contributed by atoms with Crippen molar-refractivity contribution >= 4 is 40.9 Å². The van der Waals surface area contributed by atoms with Crippen LogP contribution < -0.4 is 10.6 Å². The number of dihydropyridines is 1. The van der Waals surface area contributed by atoms with Crippen LogP contribution in [0.3, 0.4) is 0 Å². The van der Waals surface area contributed by atoms with E-state index in [1.54, 1.807) is 31.2 Å². The van der Waals surface area contributed by atoms with E-state index in [0.29, 0.717) is 32.5 Å². The molecule has 1 heterocycles. The number of benzene rings is 2. The normalized spacial score (nSPS) is 15.3. The number of anilines is 1. The number of carbonyl (C=O) groups excluding carboxylic acids is 2. The Morgan fingerprint density at radius 3 is 2.51 bits per heavy atom. The van der Waals surface area contributed by atoms with Gasteiger partial charge in [-0.1, -0.05) is 53.7 Å². The highest BCUT2D eigenvalue weighted by Crippen LogP contribution is 2.41. The van der Waals surface area contributed by atoms with Gasteiger partial charge in [0.1, 0.15) is 6.61 Å². The molecule has 1 amide bonds. The molecule has 0 spiro atoms. The van der Waals surface area contributed by atoms with Gasteiger partial charge in [0, 0.05) is 23.5 Å². The summed E-state index contributed by atoms with van der Waals surface area (Å²) in [6.07, 6.45) is 0. The second-order valence-corrected chi connectivity index (χ2v) is 9.21. The maximum atomic E-state index is 13.0. The van der Waals surface area contributed by atoms with E-state index in [4.69, 9.17) is 21.1 Å². The van der Waals surface area contributed by atoms with E-state index in [9.17, 15) is 14.9 Å². The summed E-state index contributed by atoms with van der Waals surface area (Å²) < 4.78 is 10.3. The molecule has 1 aliphatic heterocycles. The zero-order valence-electron chi connectivity index (χ0n) is 19.7. The summed E-state index contributed by atoms with van der Waals surface area (Å²) >= 11 is 7.27. The maximum Gasteiger partial charge on any atom is 0.336 e. The average molecular weight is 512 g/mol. The molecular weight excluding hydrogens is 486 g/mol. The first-order valence-electron chi connectivity index (χ1n) is 10.9. The van der Waals surface area contributed by atoms with E-state index < -0.39 is 11.9 Å². The van der Waals surface area contributed by atoms with Crippen molar-refractivity contribution in [3.05, 3.63) is 86.6 Å². The SMILES string of the molecule is COCCOC(=O)C1=C(C)NC(SCC(=O)Nc2ccccc2C)=C(C#N)[C@@H]1c1ccc(Cl)cc1. The van der Waals surface area contributed by atoms with Gasteiger partial charge in [-0.2, -0.15) is 5.26 Å². The first-order valence-corrected chi connectivity index (χ1v) is 12.2. The number of hydrogen-bond acceptors (Lipinski definition) is 7. The van der Waals surface area contributed by atoms with Crippen molar-refractivity contribution in [1.82, 2.24) is 5.32 Å². The minimum Gasteiger partial charge on any atom is -0.460 e. The molecule has 1 aliphatic rings. The van der Waals surface area contributed by atoms with Crippen LogP contribution in [0.1, 0.15) is 24.0 Å². The quantitative estimate of drug-likeness (QED) is 0.364. The smallest absolute Gasteiger partial charge is 0.336 e. The molecular formula is C26H26ClN3O4S. The standard InChI is InChI=1S/C26H26ClN3O4S/c1-16-6-4-5-7-21(16)30-22(31)15-35-25-20(14-28)24(18-8-10-19(27)11-9-18)23(17(2)29-25)26(32)34-13-12-33-3/h4-11,24,29H,12-13,15H2,1-3H3,(H,30,31)/t24-/m0/s1. The number of allylic oxidation sites excluding steroid dienone is 2. The Hall–Kier alpha value is -3.25. The van der Waals surface area contributed by atoms with Crippen LogP contribution in [-0.2, 0) is 19.1 Å². The molecule has 0 radical (unpaired) electrons. The number of carbonyl (C=O) groups is 2. The van der Waals surface area contributed by atoms with Gasteiger partial charge in [-0.3, -0.25) is 4.79 Å². The fraction of sp³-hybridized carbons (Fsp3) is 0.269. The van der Waals surface area contributed by atoms with E-state index in [-0.39, 0.29) is 24.9 Å². The summed E-state index contributed by atoms with van der Waals surface area (Å²) in [5.74, 6) is -1.34. The Balaban J connectivity index is 1.88. The number of halogens is 1. The van der Waals surface area contributed by atoms with Crippen LogP contribution in [0.15, 0.2) is 70.4 Å². The van der Waals surface area contributed by atoms with E-state index >= 15 is 0 Å². The second kappa shape index (κ2) is 12.5. The molecule has 9 heteroatoms. The van der Waals surface area contributed by atoms with Gasteiger partial charge in [0.15, 0.2) is 0 Å². The van der Waals surface area contributed by atoms with Crippen LogP contribution in [0.5, 0.6) is 0 Å². The number of nitriles is 1. The van der Waals surface area contributed by atoms with Gasteiger partial charge in [-0.25, -0.2) is 4.79 Å². The molecule has 2 aromatic carbocycles. The minimum atomic E-state index is -0.671. The lowest BCUT2D eigenvalue weighted by Gasteiger charge is -2.29. The van der Waals surface area contributed by atoms with Crippen LogP contribution >= 0.6 is 23.4 Å². The molecule has 0 bridgehead atoms. The number of hydrogen-bond donors (Lipinski definition) is 2. The third-order valence-corrected chi connectivity index (χ3v) is 6.63. The van der Waals surface area contributed by atoms with Gasteiger partial charge in [0.25, 0.3) is 0 Å². The topological polar surface area (TPSA) is 100 Å². The molecule has 1 atom stereocenters. The van der Waals surface area contributed by atoms with Crippen molar-refractivity contribution in [2.75, 3.05) is 31.4 Å². The third-order valence-electron chi connectivity index (χ3n) is 5.36. The van der Waals surface area contributed by atoms with Gasteiger partial charge in [-0.05, 0) is 43.2 Å². The van der Waals surface area contributed by atoms with E-state index in [1.165, 1.54) is 18.9 Å². The number of esters is 1. The summed E-state index contributed by atoms with van der Waals surface area (Å²) in [7, 11) is 1.52. The van der Waals surface area contributed by atoms with Crippen LogP contribution in [0.2, 0.25) is 5.02 Å². The summed E-state index contributed by atoms with van der Waals surface area (Å²) in [4.78, 5) is 25.6. The van der Waals surface area contributed by atoms with Gasteiger partial charge in [0.05, 0.1) is 40.5 Å².